The van der Waals surface area contributed by atoms with Crippen LogP contribution in [0.1, 0.15) is 12.2 Å². The summed E-state index contributed by atoms with van der Waals surface area (Å²) in [6, 6.07) is 2.05. The first kappa shape index (κ1) is 12.0. The Bertz CT molecular complexity index is 308. The minimum absolute atomic E-state index is 0.897. The Morgan fingerprint density at radius 1 is 1.38 bits per heavy atom. The van der Waals surface area contributed by atoms with Crippen LogP contribution in [0.3, 0.4) is 0 Å². The van der Waals surface area contributed by atoms with Gasteiger partial charge in [0.15, 0.2) is 0 Å². The van der Waals surface area contributed by atoms with Crippen molar-refractivity contribution in [2.45, 2.75) is 18.2 Å². The first-order chi connectivity index (χ1) is 7.86. The Morgan fingerprint density at radius 2 is 2.19 bits per heavy atom. The molecule has 1 aromatic rings. The Hall–Kier alpha value is -0.450. The summed E-state index contributed by atoms with van der Waals surface area (Å²) < 4.78 is 10.6. The monoisotopic (exact) mass is 241 g/mol. The molecule has 2 rings (SSSR count). The molecule has 16 heavy (non-hydrogen) atoms. The fraction of sp³-hybridized carbons (Fsp3) is 0.667. The second-order valence-electron chi connectivity index (χ2n) is 4.00. The predicted octanol–water partition coefficient (Wildman–Crippen LogP) is 2.40. The molecule has 1 aromatic heterocycles. The highest BCUT2D eigenvalue weighted by Gasteiger charge is 2.09. The Morgan fingerprint density at radius 3 is 2.88 bits per heavy atom. The van der Waals surface area contributed by atoms with Gasteiger partial charge in [-0.05, 0) is 31.7 Å². The molecule has 0 amide bonds. The molecular formula is C12H19NO2S. The first-order valence-corrected chi connectivity index (χ1v) is 6.82. The maximum Gasteiger partial charge on any atom is 0.114 e. The topological polar surface area (TPSA) is 25.6 Å². The van der Waals surface area contributed by atoms with Gasteiger partial charge in [0, 0.05) is 18.0 Å². The van der Waals surface area contributed by atoms with Gasteiger partial charge in [0.25, 0.3) is 0 Å². The van der Waals surface area contributed by atoms with Crippen LogP contribution >= 0.6 is 11.8 Å². The summed E-state index contributed by atoms with van der Waals surface area (Å²) in [5.41, 5.74) is 0. The molecule has 0 saturated carbocycles. The summed E-state index contributed by atoms with van der Waals surface area (Å²) in [5.74, 6) is 2.20. The molecule has 0 bridgehead atoms. The van der Waals surface area contributed by atoms with E-state index in [9.17, 15) is 0 Å². The number of hydrogen-bond donors (Lipinski definition) is 0. The van der Waals surface area contributed by atoms with Gasteiger partial charge in [-0.15, -0.1) is 11.8 Å². The van der Waals surface area contributed by atoms with Crippen LogP contribution in [0.2, 0.25) is 0 Å². The van der Waals surface area contributed by atoms with Crippen molar-refractivity contribution in [3.63, 3.8) is 0 Å². The van der Waals surface area contributed by atoms with E-state index < -0.39 is 0 Å². The van der Waals surface area contributed by atoms with Gasteiger partial charge in [-0.1, -0.05) is 0 Å². The molecule has 4 heteroatoms. The summed E-state index contributed by atoms with van der Waals surface area (Å²) in [6.45, 7) is 7.18. The lowest BCUT2D eigenvalue weighted by atomic mass is 10.4. The third-order valence-corrected chi connectivity index (χ3v) is 4.02. The van der Waals surface area contributed by atoms with Crippen molar-refractivity contribution in [1.29, 1.82) is 0 Å². The molecule has 2 heterocycles. The fourth-order valence-corrected chi connectivity index (χ4v) is 2.71. The van der Waals surface area contributed by atoms with Gasteiger partial charge in [0.1, 0.15) is 5.76 Å². The van der Waals surface area contributed by atoms with E-state index in [2.05, 4.69) is 11.0 Å². The molecule has 0 atom stereocenters. The van der Waals surface area contributed by atoms with Crippen LogP contribution in [0.5, 0.6) is 0 Å². The summed E-state index contributed by atoms with van der Waals surface area (Å²) >= 11 is 1.89. The zero-order valence-electron chi connectivity index (χ0n) is 9.78. The molecule has 1 aliphatic heterocycles. The average Bonchev–Trinajstić information content (AvgIpc) is 2.72. The van der Waals surface area contributed by atoms with Crippen LogP contribution in [0.4, 0.5) is 0 Å². The molecule has 0 aliphatic carbocycles. The van der Waals surface area contributed by atoms with Gasteiger partial charge in [0.05, 0.1) is 19.5 Å². The quantitative estimate of drug-likeness (QED) is 0.584. The minimum Gasteiger partial charge on any atom is -0.468 e. The third-order valence-electron chi connectivity index (χ3n) is 2.79. The van der Waals surface area contributed by atoms with Gasteiger partial charge in [-0.25, -0.2) is 0 Å². The number of hydrogen-bond acceptors (Lipinski definition) is 4. The van der Waals surface area contributed by atoms with E-state index in [0.717, 1.165) is 37.8 Å². The van der Waals surface area contributed by atoms with E-state index in [1.54, 1.807) is 6.26 Å². The second-order valence-corrected chi connectivity index (χ2v) is 5.13. The summed E-state index contributed by atoms with van der Waals surface area (Å²) in [5, 5.41) is 0. The van der Waals surface area contributed by atoms with Gasteiger partial charge in [-0.2, -0.15) is 0 Å². The molecule has 1 saturated heterocycles. The number of morpholine rings is 1. The van der Waals surface area contributed by atoms with Gasteiger partial charge in [0.2, 0.25) is 0 Å². The van der Waals surface area contributed by atoms with Crippen molar-refractivity contribution in [2.75, 3.05) is 38.6 Å². The van der Waals surface area contributed by atoms with Crippen molar-refractivity contribution in [3.05, 3.63) is 18.1 Å². The van der Waals surface area contributed by atoms with E-state index in [1.165, 1.54) is 17.9 Å². The zero-order chi connectivity index (χ0) is 11.2. The molecule has 1 fully saturated rings. The van der Waals surface area contributed by atoms with Gasteiger partial charge in [-0.3, -0.25) is 4.90 Å². The Balaban J connectivity index is 1.59. The van der Waals surface area contributed by atoms with Crippen LogP contribution in [-0.4, -0.2) is 43.5 Å². The van der Waals surface area contributed by atoms with Crippen molar-refractivity contribution in [2.24, 2.45) is 0 Å². The zero-order valence-corrected chi connectivity index (χ0v) is 10.6. The predicted molar refractivity (Wildman–Crippen MR) is 66.0 cm³/mol. The molecule has 0 radical (unpaired) electrons. The molecule has 0 spiro atoms. The minimum atomic E-state index is 0.897. The fourth-order valence-electron chi connectivity index (χ4n) is 1.82. The van der Waals surface area contributed by atoms with Crippen LogP contribution in [0, 0.1) is 6.92 Å². The van der Waals surface area contributed by atoms with Crippen LogP contribution in [0.15, 0.2) is 21.6 Å². The maximum atomic E-state index is 5.32. The lowest BCUT2D eigenvalue weighted by molar-refractivity contribution is 0.0381. The summed E-state index contributed by atoms with van der Waals surface area (Å²) in [6.07, 6.45) is 2.99. The summed E-state index contributed by atoms with van der Waals surface area (Å²) in [7, 11) is 0. The molecule has 0 aromatic carbocycles. The Kier molecular flexibility index (Phi) is 4.75. The number of nitrogens with zero attached hydrogens (tertiary/aromatic N) is 1. The van der Waals surface area contributed by atoms with Gasteiger partial charge < -0.3 is 9.15 Å². The SMILES string of the molecule is Cc1occc1SCCCN1CCOCC1. The number of ether oxygens (including phenoxy) is 1. The smallest absolute Gasteiger partial charge is 0.114 e. The first-order valence-electron chi connectivity index (χ1n) is 5.83. The van der Waals surface area contributed by atoms with Crippen molar-refractivity contribution >= 4 is 11.8 Å². The van der Waals surface area contributed by atoms with Crippen LogP contribution < -0.4 is 0 Å². The normalized spacial score (nSPS) is 17.8. The lowest BCUT2D eigenvalue weighted by Crippen LogP contribution is -2.36. The molecule has 3 nitrogen and oxygen atoms in total. The highest BCUT2D eigenvalue weighted by molar-refractivity contribution is 7.99. The molecule has 0 unspecified atom stereocenters. The second kappa shape index (κ2) is 6.33. The van der Waals surface area contributed by atoms with Crippen molar-refractivity contribution in [1.82, 2.24) is 4.90 Å². The van der Waals surface area contributed by atoms with E-state index in [4.69, 9.17) is 9.15 Å². The molecule has 90 valence electrons. The molecule has 1 aliphatic rings. The number of furan rings is 1. The molecular weight excluding hydrogens is 222 g/mol. The van der Waals surface area contributed by atoms with Crippen LogP contribution in [0.25, 0.3) is 0 Å². The lowest BCUT2D eigenvalue weighted by Gasteiger charge is -2.26. The van der Waals surface area contributed by atoms with Crippen LogP contribution in [-0.2, 0) is 4.74 Å². The number of thioether (sulfide) groups is 1. The highest BCUT2D eigenvalue weighted by atomic mass is 32.2. The number of aryl methyl sites for hydroxylation is 1. The van der Waals surface area contributed by atoms with Crippen molar-refractivity contribution < 1.29 is 9.15 Å². The van der Waals surface area contributed by atoms with Gasteiger partial charge >= 0.3 is 0 Å². The number of rotatable bonds is 5. The van der Waals surface area contributed by atoms with E-state index in [1.807, 2.05) is 18.7 Å². The Labute approximate surface area is 101 Å². The highest BCUT2D eigenvalue weighted by Crippen LogP contribution is 2.23. The standard InChI is InChI=1S/C12H19NO2S/c1-11-12(3-7-15-11)16-10-2-4-13-5-8-14-9-6-13/h3,7H,2,4-6,8-10H2,1H3. The molecule has 0 N–H and O–H groups in total. The third kappa shape index (κ3) is 3.54. The largest absolute Gasteiger partial charge is 0.468 e. The van der Waals surface area contributed by atoms with E-state index >= 15 is 0 Å². The van der Waals surface area contributed by atoms with E-state index in [-0.39, 0.29) is 0 Å². The van der Waals surface area contributed by atoms with E-state index in [0.29, 0.717) is 0 Å². The van der Waals surface area contributed by atoms with Crippen molar-refractivity contribution in [3.8, 4) is 0 Å². The maximum absolute atomic E-state index is 5.32. The average molecular weight is 241 g/mol. The summed E-state index contributed by atoms with van der Waals surface area (Å²) in [4.78, 5) is 3.76.